The molecule has 218 valence electrons. The van der Waals surface area contributed by atoms with Crippen molar-refractivity contribution in [2.75, 3.05) is 9.80 Å². The predicted molar refractivity (Wildman–Crippen MR) is 178 cm³/mol. The first-order valence-electron chi connectivity index (χ1n) is 14.3. The van der Waals surface area contributed by atoms with E-state index in [0.717, 1.165) is 18.3 Å². The lowest BCUT2D eigenvalue weighted by Gasteiger charge is -2.44. The molecule has 3 fully saturated rings. The number of aryl methyl sites for hydroxylation is 2. The van der Waals surface area contributed by atoms with Crippen molar-refractivity contribution in [3.8, 4) is 5.75 Å². The number of nitrogens with zero attached hydrogens (tertiary/aromatic N) is 2. The highest BCUT2D eigenvalue weighted by atomic mass is 127. The van der Waals surface area contributed by atoms with Gasteiger partial charge in [-0.05, 0) is 143 Å². The summed E-state index contributed by atoms with van der Waals surface area (Å²) in [4.78, 5) is 58.8. The smallest absolute Gasteiger partial charge is 0.238 e. The molecule has 43 heavy (non-hydrogen) atoms. The highest BCUT2D eigenvalue weighted by Crippen LogP contribution is 2.58. The van der Waals surface area contributed by atoms with E-state index in [1.165, 1.54) is 9.80 Å². The summed E-state index contributed by atoms with van der Waals surface area (Å²) in [5.74, 6) is -3.99. The molecule has 2 aliphatic heterocycles. The summed E-state index contributed by atoms with van der Waals surface area (Å²) in [6, 6.07) is 18.5. The minimum atomic E-state index is -0.645. The van der Waals surface area contributed by atoms with Gasteiger partial charge in [0.15, 0.2) is 0 Å². The Kier molecular flexibility index (Phi) is 7.03. The Labute approximate surface area is 276 Å². The maximum absolute atomic E-state index is 14.2. The van der Waals surface area contributed by atoms with Gasteiger partial charge in [0.25, 0.3) is 0 Å². The first kappa shape index (κ1) is 28.7. The molecule has 6 atom stereocenters. The van der Waals surface area contributed by atoms with Gasteiger partial charge in [-0.25, -0.2) is 0 Å². The van der Waals surface area contributed by atoms with Gasteiger partial charge in [-0.3, -0.25) is 29.0 Å². The SMILES string of the molecule is Cc1cc(C2C3=CCC4C(=O)N(c5ccc(I)cc5)C(=O)C4C3CC3C(=O)N(c4ccc(I)cc4)C(=O)C32)cc(C)c1O. The molecule has 9 heteroatoms. The van der Waals surface area contributed by atoms with Gasteiger partial charge in [0.2, 0.25) is 23.6 Å². The van der Waals surface area contributed by atoms with Crippen LogP contribution in [-0.4, -0.2) is 28.7 Å². The lowest BCUT2D eigenvalue weighted by atomic mass is 9.57. The molecule has 2 heterocycles. The fraction of sp³-hybridized carbons (Fsp3) is 0.294. The minimum absolute atomic E-state index is 0.199. The molecule has 1 N–H and O–H groups in total. The molecule has 0 bridgehead atoms. The van der Waals surface area contributed by atoms with Crippen LogP contribution in [0.15, 0.2) is 72.3 Å². The van der Waals surface area contributed by atoms with Crippen LogP contribution in [0.25, 0.3) is 0 Å². The van der Waals surface area contributed by atoms with E-state index in [4.69, 9.17) is 0 Å². The van der Waals surface area contributed by atoms with Crippen LogP contribution in [0, 0.1) is 50.6 Å². The molecule has 0 radical (unpaired) electrons. The monoisotopic (exact) mass is 798 g/mol. The average Bonchev–Trinajstić information content (AvgIpc) is 3.39. The van der Waals surface area contributed by atoms with Crippen LogP contribution in [0.1, 0.15) is 35.4 Å². The van der Waals surface area contributed by atoms with Gasteiger partial charge in [-0.2, -0.15) is 0 Å². The fourth-order valence-electron chi connectivity index (χ4n) is 7.82. The van der Waals surface area contributed by atoms with Crippen LogP contribution in [0.2, 0.25) is 0 Å². The third-order valence-corrected chi connectivity index (χ3v) is 11.1. The molecule has 2 aliphatic carbocycles. The molecular formula is C34H28I2N2O5. The van der Waals surface area contributed by atoms with Gasteiger partial charge >= 0.3 is 0 Å². The predicted octanol–water partition coefficient (Wildman–Crippen LogP) is 6.26. The second-order valence-corrected chi connectivity index (χ2v) is 14.5. The second-order valence-electron chi connectivity index (χ2n) is 12.0. The van der Waals surface area contributed by atoms with Gasteiger partial charge in [-0.1, -0.05) is 23.8 Å². The standard InChI is InChI=1S/C34H28I2N2O5/c1-16-13-18(14-17(2)30(16)39)27-23-11-12-24-28(33(42)37(31(24)40)21-7-3-19(35)4-8-21)25(23)15-26-29(27)34(43)38(32(26)41)22-9-5-20(36)6-10-22/h3-11,13-14,24-29,39H,12,15H2,1-2H3. The number of imide groups is 2. The number of anilines is 2. The largest absolute Gasteiger partial charge is 0.507 e. The van der Waals surface area contributed by atoms with Crippen molar-refractivity contribution in [2.24, 2.45) is 29.6 Å². The first-order valence-corrected chi connectivity index (χ1v) is 16.5. The Hall–Kier alpha value is -3.06. The van der Waals surface area contributed by atoms with Gasteiger partial charge < -0.3 is 5.11 Å². The number of allylic oxidation sites excluding steroid dienone is 2. The Balaban J connectivity index is 1.35. The molecule has 2 saturated heterocycles. The Morgan fingerprint density at radius 1 is 0.674 bits per heavy atom. The summed E-state index contributed by atoms with van der Waals surface area (Å²) in [7, 11) is 0. The van der Waals surface area contributed by atoms with Crippen molar-refractivity contribution in [3.05, 3.63) is 96.1 Å². The summed E-state index contributed by atoms with van der Waals surface area (Å²) in [5, 5.41) is 10.6. The number of benzene rings is 3. The van der Waals surface area contributed by atoms with E-state index in [9.17, 15) is 24.3 Å². The van der Waals surface area contributed by atoms with Gasteiger partial charge in [-0.15, -0.1) is 0 Å². The van der Waals surface area contributed by atoms with Crippen molar-refractivity contribution in [1.82, 2.24) is 0 Å². The Bertz CT molecular complexity index is 1730. The van der Waals surface area contributed by atoms with E-state index in [-0.39, 0.29) is 35.3 Å². The van der Waals surface area contributed by atoms with Crippen LogP contribution < -0.4 is 9.80 Å². The normalized spacial score (nSPS) is 28.1. The van der Waals surface area contributed by atoms with Gasteiger partial charge in [0.05, 0.1) is 35.0 Å². The van der Waals surface area contributed by atoms with Crippen molar-refractivity contribution in [2.45, 2.75) is 32.6 Å². The van der Waals surface area contributed by atoms with Gasteiger partial charge in [0.1, 0.15) is 5.75 Å². The molecule has 3 aromatic rings. The summed E-state index contributed by atoms with van der Waals surface area (Å²) in [5.41, 5.74) is 4.25. The Morgan fingerprint density at radius 3 is 1.70 bits per heavy atom. The lowest BCUT2D eigenvalue weighted by molar-refractivity contribution is -0.126. The van der Waals surface area contributed by atoms with E-state index in [1.807, 2.05) is 50.2 Å². The lowest BCUT2D eigenvalue weighted by Crippen LogP contribution is -2.43. The zero-order valence-corrected chi connectivity index (χ0v) is 27.8. The summed E-state index contributed by atoms with van der Waals surface area (Å²) >= 11 is 4.38. The van der Waals surface area contributed by atoms with Crippen molar-refractivity contribution in [3.63, 3.8) is 0 Å². The highest BCUT2D eigenvalue weighted by Gasteiger charge is 2.62. The number of fused-ring (bicyclic) bond motifs is 4. The fourth-order valence-corrected chi connectivity index (χ4v) is 8.54. The van der Waals surface area contributed by atoms with E-state index >= 15 is 0 Å². The summed E-state index contributed by atoms with van der Waals surface area (Å²) in [6.07, 6.45) is 2.78. The minimum Gasteiger partial charge on any atom is -0.507 e. The molecule has 4 aliphatic rings. The third-order valence-electron chi connectivity index (χ3n) is 9.69. The molecule has 4 amide bonds. The van der Waals surface area contributed by atoms with Crippen LogP contribution >= 0.6 is 45.2 Å². The van der Waals surface area contributed by atoms with Crippen LogP contribution in [-0.2, 0) is 19.2 Å². The first-order chi connectivity index (χ1) is 20.6. The van der Waals surface area contributed by atoms with E-state index in [1.54, 1.807) is 24.3 Å². The zero-order chi connectivity index (χ0) is 30.3. The van der Waals surface area contributed by atoms with Crippen LogP contribution in [0.5, 0.6) is 5.75 Å². The number of rotatable bonds is 3. The van der Waals surface area contributed by atoms with E-state index < -0.39 is 29.6 Å². The molecule has 1 saturated carbocycles. The quantitative estimate of drug-likeness (QED) is 0.192. The van der Waals surface area contributed by atoms with Crippen molar-refractivity contribution < 1.29 is 24.3 Å². The molecule has 6 unspecified atom stereocenters. The summed E-state index contributed by atoms with van der Waals surface area (Å²) in [6.45, 7) is 3.65. The van der Waals surface area contributed by atoms with E-state index in [2.05, 4.69) is 51.3 Å². The van der Waals surface area contributed by atoms with Crippen molar-refractivity contribution in [1.29, 1.82) is 0 Å². The molecular weight excluding hydrogens is 770 g/mol. The van der Waals surface area contributed by atoms with Crippen LogP contribution in [0.3, 0.4) is 0 Å². The number of hydrogen-bond donors (Lipinski definition) is 1. The van der Waals surface area contributed by atoms with Gasteiger partial charge in [0, 0.05) is 13.1 Å². The molecule has 3 aromatic carbocycles. The number of carbonyl (C=O) groups excluding carboxylic acids is 4. The number of carbonyl (C=O) groups is 4. The topological polar surface area (TPSA) is 95.0 Å². The van der Waals surface area contributed by atoms with E-state index in [0.29, 0.717) is 35.3 Å². The number of phenolic OH excluding ortho intramolecular Hbond substituents is 1. The number of aromatic hydroxyl groups is 1. The number of halogens is 2. The zero-order valence-electron chi connectivity index (χ0n) is 23.5. The highest BCUT2D eigenvalue weighted by molar-refractivity contribution is 14.1. The Morgan fingerprint density at radius 2 is 1.16 bits per heavy atom. The molecule has 0 spiro atoms. The second kappa shape index (κ2) is 10.5. The number of hydrogen-bond acceptors (Lipinski definition) is 5. The number of phenols is 1. The number of amides is 4. The van der Waals surface area contributed by atoms with Crippen molar-refractivity contribution >= 4 is 80.2 Å². The van der Waals surface area contributed by atoms with Crippen LogP contribution in [0.4, 0.5) is 11.4 Å². The maximum Gasteiger partial charge on any atom is 0.238 e. The molecule has 7 rings (SSSR count). The third kappa shape index (κ3) is 4.40. The summed E-state index contributed by atoms with van der Waals surface area (Å²) < 4.78 is 2.00. The molecule has 0 aromatic heterocycles. The average molecular weight is 798 g/mol. The maximum atomic E-state index is 14.2. The molecule has 7 nitrogen and oxygen atoms in total.